The van der Waals surface area contributed by atoms with Crippen LogP contribution in [0, 0.1) is 5.92 Å². The first kappa shape index (κ1) is 9.35. The van der Waals surface area contributed by atoms with Crippen LogP contribution in [0.1, 0.15) is 20.3 Å². The highest BCUT2D eigenvalue weighted by molar-refractivity contribution is 8.32. The van der Waals surface area contributed by atoms with Crippen LogP contribution in [-0.4, -0.2) is 24.5 Å². The molecule has 0 fully saturated rings. The normalized spacial score (nSPS) is 17.4. The maximum atomic E-state index is 2.39. The highest BCUT2D eigenvalue weighted by Crippen LogP contribution is 2.37. The Bertz CT molecular complexity index is 71.1. The molecule has 58 valence electrons. The molecule has 0 radical (unpaired) electrons. The Kier molecular flexibility index (Phi) is 3.64. The molecule has 0 aromatic carbocycles. The maximum Gasteiger partial charge on any atom is -0.0209 e. The van der Waals surface area contributed by atoms with Gasteiger partial charge in [0.2, 0.25) is 0 Å². The average Bonchev–Trinajstić information content (AvgIpc) is 1.62. The second-order valence-corrected chi connectivity index (χ2v) is 8.29. The van der Waals surface area contributed by atoms with Crippen LogP contribution in [0.25, 0.3) is 0 Å². The first-order valence-corrected chi connectivity index (χ1v) is 6.64. The van der Waals surface area contributed by atoms with E-state index in [1.165, 1.54) is 12.2 Å². The minimum absolute atomic E-state index is 0.235. The Morgan fingerprint density at radius 1 is 1.22 bits per heavy atom. The van der Waals surface area contributed by atoms with E-state index in [2.05, 4.69) is 32.6 Å². The topological polar surface area (TPSA) is 0 Å². The van der Waals surface area contributed by atoms with E-state index in [1.54, 1.807) is 0 Å². The lowest BCUT2D eigenvalue weighted by Gasteiger charge is -2.28. The van der Waals surface area contributed by atoms with Crippen molar-refractivity contribution in [3.05, 3.63) is 0 Å². The summed E-state index contributed by atoms with van der Waals surface area (Å²) in [4.78, 5) is 0. The van der Waals surface area contributed by atoms with Crippen LogP contribution in [0.4, 0.5) is 0 Å². The van der Waals surface area contributed by atoms with E-state index in [4.69, 9.17) is 0 Å². The average molecular weight is 148 g/mol. The molecule has 0 aliphatic carbocycles. The van der Waals surface area contributed by atoms with Gasteiger partial charge in [-0.1, -0.05) is 20.3 Å². The third-order valence-corrected chi connectivity index (χ3v) is 3.05. The van der Waals surface area contributed by atoms with Gasteiger partial charge in [0.25, 0.3) is 0 Å². The summed E-state index contributed by atoms with van der Waals surface area (Å²) in [5.74, 6) is 2.36. The summed E-state index contributed by atoms with van der Waals surface area (Å²) < 4.78 is 0. The fourth-order valence-electron chi connectivity index (χ4n) is 0.971. The molecule has 9 heavy (non-hydrogen) atoms. The third kappa shape index (κ3) is 6.23. The van der Waals surface area contributed by atoms with Gasteiger partial charge in [-0.3, -0.25) is 0 Å². The van der Waals surface area contributed by atoms with Gasteiger partial charge in [-0.25, -0.2) is 10.0 Å². The predicted octanol–water partition coefficient (Wildman–Crippen LogP) is 2.73. The van der Waals surface area contributed by atoms with E-state index in [-0.39, 0.29) is 10.0 Å². The first-order chi connectivity index (χ1) is 3.95. The molecule has 0 bridgehead atoms. The van der Waals surface area contributed by atoms with Gasteiger partial charge < -0.3 is 0 Å². The lowest BCUT2D eigenvalue weighted by Crippen LogP contribution is -2.06. The summed E-state index contributed by atoms with van der Waals surface area (Å²) in [5, 5.41) is 0. The van der Waals surface area contributed by atoms with Crippen molar-refractivity contribution in [3.63, 3.8) is 0 Å². The summed E-state index contributed by atoms with van der Waals surface area (Å²) >= 11 is 0. The minimum Gasteiger partial charge on any atom is -0.249 e. The van der Waals surface area contributed by atoms with Crippen molar-refractivity contribution >= 4 is 10.0 Å². The molecule has 0 saturated carbocycles. The Balaban J connectivity index is 3.47. The standard InChI is InChI=1S/C8H20S/c1-6-8(2)7-9(3,4)5/h8H,6-7H2,1-5H3. The summed E-state index contributed by atoms with van der Waals surface area (Å²) in [6.45, 7) is 4.62. The minimum atomic E-state index is -0.235. The summed E-state index contributed by atoms with van der Waals surface area (Å²) in [5.41, 5.74) is 0. The van der Waals surface area contributed by atoms with Gasteiger partial charge in [-0.2, -0.15) is 0 Å². The van der Waals surface area contributed by atoms with Crippen molar-refractivity contribution in [3.8, 4) is 0 Å². The number of hydrogen-bond donors (Lipinski definition) is 0. The van der Waals surface area contributed by atoms with Crippen LogP contribution >= 0.6 is 10.0 Å². The van der Waals surface area contributed by atoms with Crippen molar-refractivity contribution in [1.82, 2.24) is 0 Å². The van der Waals surface area contributed by atoms with Gasteiger partial charge >= 0.3 is 0 Å². The van der Waals surface area contributed by atoms with Crippen molar-refractivity contribution in [2.24, 2.45) is 5.92 Å². The van der Waals surface area contributed by atoms with Crippen LogP contribution in [0.5, 0.6) is 0 Å². The molecule has 0 aromatic rings. The quantitative estimate of drug-likeness (QED) is 0.577. The zero-order chi connectivity index (χ0) is 7.49. The fourth-order valence-corrected chi connectivity index (χ4v) is 2.91. The molecule has 0 aliphatic rings. The lowest BCUT2D eigenvalue weighted by molar-refractivity contribution is 0.634. The number of rotatable bonds is 3. The van der Waals surface area contributed by atoms with Gasteiger partial charge in [0.1, 0.15) is 0 Å². The molecule has 0 N–H and O–H groups in total. The summed E-state index contributed by atoms with van der Waals surface area (Å²) in [6, 6.07) is 0. The summed E-state index contributed by atoms with van der Waals surface area (Å²) in [7, 11) is -0.235. The molecule has 0 spiro atoms. The van der Waals surface area contributed by atoms with Crippen LogP contribution in [0.2, 0.25) is 0 Å². The van der Waals surface area contributed by atoms with E-state index < -0.39 is 0 Å². The predicted molar refractivity (Wildman–Crippen MR) is 49.7 cm³/mol. The van der Waals surface area contributed by atoms with Gasteiger partial charge in [0.15, 0.2) is 0 Å². The second kappa shape index (κ2) is 3.50. The Hall–Kier alpha value is 0.350. The first-order valence-electron chi connectivity index (χ1n) is 3.61. The summed E-state index contributed by atoms with van der Waals surface area (Å²) in [6.07, 6.45) is 8.50. The third-order valence-electron chi connectivity index (χ3n) is 1.48. The molecule has 0 aromatic heterocycles. The molecule has 0 aliphatic heterocycles. The van der Waals surface area contributed by atoms with Crippen LogP contribution in [0.3, 0.4) is 0 Å². The fraction of sp³-hybridized carbons (Fsp3) is 1.00. The zero-order valence-corrected chi connectivity index (χ0v) is 8.22. The largest absolute Gasteiger partial charge is 0.249 e. The molecule has 0 amide bonds. The molecule has 1 heteroatoms. The van der Waals surface area contributed by atoms with Crippen molar-refractivity contribution in [2.45, 2.75) is 20.3 Å². The van der Waals surface area contributed by atoms with Gasteiger partial charge in [-0.15, -0.1) is 0 Å². The lowest BCUT2D eigenvalue weighted by atomic mass is 10.2. The molecule has 0 saturated heterocycles. The molecular formula is C8H20S. The van der Waals surface area contributed by atoms with Crippen molar-refractivity contribution in [1.29, 1.82) is 0 Å². The highest BCUT2D eigenvalue weighted by Gasteiger charge is 2.07. The second-order valence-electron chi connectivity index (χ2n) is 3.77. The maximum absolute atomic E-state index is 2.39. The molecule has 0 nitrogen and oxygen atoms in total. The number of hydrogen-bond acceptors (Lipinski definition) is 0. The van der Waals surface area contributed by atoms with Crippen LogP contribution in [-0.2, 0) is 0 Å². The van der Waals surface area contributed by atoms with Gasteiger partial charge in [-0.05, 0) is 30.4 Å². The SMILES string of the molecule is CCC(C)CS(C)(C)C. The van der Waals surface area contributed by atoms with Crippen LogP contribution < -0.4 is 0 Å². The molecule has 1 atom stereocenters. The van der Waals surface area contributed by atoms with Gasteiger partial charge in [0.05, 0.1) is 0 Å². The molecular weight excluding hydrogens is 128 g/mol. The Morgan fingerprint density at radius 3 is 1.78 bits per heavy atom. The molecule has 0 heterocycles. The van der Waals surface area contributed by atoms with Crippen LogP contribution in [0.15, 0.2) is 0 Å². The zero-order valence-electron chi connectivity index (χ0n) is 7.40. The highest BCUT2D eigenvalue weighted by atomic mass is 32.3. The molecule has 0 rings (SSSR count). The van der Waals surface area contributed by atoms with Crippen molar-refractivity contribution < 1.29 is 0 Å². The Morgan fingerprint density at radius 2 is 1.67 bits per heavy atom. The smallest absolute Gasteiger partial charge is 0.0209 e. The van der Waals surface area contributed by atoms with E-state index in [1.807, 2.05) is 0 Å². The van der Waals surface area contributed by atoms with Crippen molar-refractivity contribution in [2.75, 3.05) is 24.5 Å². The Labute approximate surface area is 61.4 Å². The molecule has 1 unspecified atom stereocenters. The van der Waals surface area contributed by atoms with E-state index in [0.29, 0.717) is 0 Å². The monoisotopic (exact) mass is 148 g/mol. The van der Waals surface area contributed by atoms with Gasteiger partial charge in [0, 0.05) is 0 Å². The van der Waals surface area contributed by atoms with E-state index in [0.717, 1.165) is 5.92 Å². The van der Waals surface area contributed by atoms with E-state index in [9.17, 15) is 0 Å². The van der Waals surface area contributed by atoms with E-state index >= 15 is 0 Å².